The number of nitrogens with zero attached hydrogens (tertiary/aromatic N) is 1. The van der Waals surface area contributed by atoms with Crippen LogP contribution in [0.3, 0.4) is 0 Å². The minimum atomic E-state index is -0.312. The Kier molecular flexibility index (Phi) is 6.41. The Labute approximate surface area is 169 Å². The van der Waals surface area contributed by atoms with Crippen molar-refractivity contribution in [3.63, 3.8) is 0 Å². The van der Waals surface area contributed by atoms with E-state index in [0.29, 0.717) is 39.8 Å². The summed E-state index contributed by atoms with van der Waals surface area (Å²) in [5.41, 5.74) is 1.69. The third kappa shape index (κ3) is 3.92. The van der Waals surface area contributed by atoms with Crippen molar-refractivity contribution in [3.8, 4) is 11.5 Å². The van der Waals surface area contributed by atoms with Gasteiger partial charge in [0, 0.05) is 0 Å². The van der Waals surface area contributed by atoms with E-state index < -0.39 is 0 Å². The van der Waals surface area contributed by atoms with Gasteiger partial charge in [-0.2, -0.15) is 0 Å². The molecule has 0 saturated carbocycles. The fraction of sp³-hybridized carbons (Fsp3) is 0.273. The number of imide groups is 1. The number of ether oxygens (including phenoxy) is 2. The molecule has 2 aromatic carbocycles. The fourth-order valence-corrected chi connectivity index (χ4v) is 3.80. The first-order chi connectivity index (χ1) is 13.6. The quantitative estimate of drug-likeness (QED) is 0.613. The largest absolute Gasteiger partial charge is 0.497 e. The van der Waals surface area contributed by atoms with Crippen molar-refractivity contribution in [1.29, 1.82) is 0 Å². The molecule has 0 N–H and O–H groups in total. The minimum absolute atomic E-state index is 0.289. The van der Waals surface area contributed by atoms with Gasteiger partial charge in [0.1, 0.15) is 11.5 Å². The first-order valence-electron chi connectivity index (χ1n) is 9.23. The molecule has 0 fully saturated rings. The Morgan fingerprint density at radius 1 is 0.893 bits per heavy atom. The molecular weight excluding hydrogens is 374 g/mol. The summed E-state index contributed by atoms with van der Waals surface area (Å²) in [5.74, 6) is 1.52. The predicted octanol–water partition coefficient (Wildman–Crippen LogP) is 4.52. The normalized spacial score (nSPS) is 14.0. The minimum Gasteiger partial charge on any atom is -0.497 e. The van der Waals surface area contributed by atoms with Crippen LogP contribution in [0.5, 0.6) is 11.5 Å². The lowest BCUT2D eigenvalue weighted by atomic mass is 10.1. The van der Waals surface area contributed by atoms with Crippen LogP contribution in [0.15, 0.2) is 53.4 Å². The van der Waals surface area contributed by atoms with Gasteiger partial charge < -0.3 is 9.47 Å². The molecule has 0 aliphatic carbocycles. The molecule has 2 amide bonds. The molecule has 0 atom stereocenters. The predicted molar refractivity (Wildman–Crippen MR) is 113 cm³/mol. The Bertz CT molecular complexity index is 888. The van der Waals surface area contributed by atoms with E-state index in [1.54, 1.807) is 31.4 Å². The van der Waals surface area contributed by atoms with Crippen LogP contribution >= 0.6 is 11.8 Å². The molecular formula is C22H23NO4S. The van der Waals surface area contributed by atoms with Crippen LogP contribution in [0.1, 0.15) is 25.8 Å². The van der Waals surface area contributed by atoms with Crippen LogP contribution in [-0.2, 0) is 9.59 Å². The summed E-state index contributed by atoms with van der Waals surface area (Å²) in [6, 6.07) is 14.2. The van der Waals surface area contributed by atoms with Crippen LogP contribution in [0, 0.1) is 0 Å². The Morgan fingerprint density at radius 2 is 1.54 bits per heavy atom. The molecule has 3 rings (SSSR count). The average molecular weight is 397 g/mol. The molecule has 0 bridgehead atoms. The van der Waals surface area contributed by atoms with Gasteiger partial charge in [0.25, 0.3) is 11.8 Å². The zero-order valence-electron chi connectivity index (χ0n) is 16.2. The molecule has 0 unspecified atom stereocenters. The summed E-state index contributed by atoms with van der Waals surface area (Å²) in [6.07, 6.45) is 0.925. The van der Waals surface area contributed by atoms with Crippen molar-refractivity contribution < 1.29 is 19.1 Å². The van der Waals surface area contributed by atoms with Crippen LogP contribution in [-0.4, -0.2) is 31.3 Å². The van der Waals surface area contributed by atoms with Gasteiger partial charge in [-0.15, -0.1) is 11.8 Å². The Morgan fingerprint density at radius 3 is 2.11 bits per heavy atom. The molecule has 146 valence electrons. The lowest BCUT2D eigenvalue weighted by Crippen LogP contribution is -2.31. The summed E-state index contributed by atoms with van der Waals surface area (Å²) in [6.45, 7) is 4.65. The molecule has 0 spiro atoms. The van der Waals surface area contributed by atoms with E-state index in [1.165, 1.54) is 16.7 Å². The summed E-state index contributed by atoms with van der Waals surface area (Å²) in [4.78, 5) is 27.9. The SMILES string of the molecule is CCCOc1ccc(C2=C(SCC)C(=O)N(c3ccc(OC)cc3)C2=O)cc1. The summed E-state index contributed by atoms with van der Waals surface area (Å²) in [5, 5.41) is 0. The first kappa shape index (κ1) is 20.0. The van der Waals surface area contributed by atoms with E-state index in [4.69, 9.17) is 9.47 Å². The maximum absolute atomic E-state index is 13.2. The maximum atomic E-state index is 13.2. The number of benzene rings is 2. The molecule has 6 heteroatoms. The van der Waals surface area contributed by atoms with Crippen molar-refractivity contribution >= 4 is 34.8 Å². The van der Waals surface area contributed by atoms with Gasteiger partial charge in [-0.25, -0.2) is 4.90 Å². The third-order valence-electron chi connectivity index (χ3n) is 4.28. The molecule has 1 aliphatic rings. The molecule has 0 saturated heterocycles. The van der Waals surface area contributed by atoms with E-state index in [1.807, 2.05) is 38.1 Å². The van der Waals surface area contributed by atoms with Gasteiger partial charge in [0.15, 0.2) is 0 Å². The highest BCUT2D eigenvalue weighted by Gasteiger charge is 2.39. The fourth-order valence-electron chi connectivity index (χ4n) is 2.95. The number of hydrogen-bond acceptors (Lipinski definition) is 5. The Balaban J connectivity index is 1.95. The van der Waals surface area contributed by atoms with Crippen molar-refractivity contribution in [2.75, 3.05) is 24.4 Å². The van der Waals surface area contributed by atoms with Gasteiger partial charge in [0.2, 0.25) is 0 Å². The van der Waals surface area contributed by atoms with Gasteiger partial charge in [-0.05, 0) is 54.1 Å². The molecule has 0 aromatic heterocycles. The summed E-state index contributed by atoms with van der Waals surface area (Å²) >= 11 is 1.39. The molecule has 5 nitrogen and oxygen atoms in total. The van der Waals surface area contributed by atoms with Crippen molar-refractivity contribution in [2.24, 2.45) is 0 Å². The standard InChI is InChI=1S/C22H23NO4S/c1-4-14-27-18-10-6-15(7-11-18)19-20(28-5-2)22(25)23(21(19)24)16-8-12-17(26-3)13-9-16/h6-13H,4-5,14H2,1-3H3. The van der Waals surface area contributed by atoms with Crippen molar-refractivity contribution in [2.45, 2.75) is 20.3 Å². The smallest absolute Gasteiger partial charge is 0.272 e. The molecule has 2 aromatic rings. The van der Waals surface area contributed by atoms with Gasteiger partial charge in [0.05, 0.1) is 29.9 Å². The lowest BCUT2D eigenvalue weighted by molar-refractivity contribution is -0.119. The highest BCUT2D eigenvalue weighted by Crippen LogP contribution is 2.39. The number of thioether (sulfide) groups is 1. The second-order valence-corrected chi connectivity index (χ2v) is 7.43. The monoisotopic (exact) mass is 397 g/mol. The van der Waals surface area contributed by atoms with E-state index in [0.717, 1.165) is 12.2 Å². The third-order valence-corrected chi connectivity index (χ3v) is 5.23. The topological polar surface area (TPSA) is 55.8 Å². The number of carbonyl (C=O) groups is 2. The summed E-state index contributed by atoms with van der Waals surface area (Å²) in [7, 11) is 1.57. The van der Waals surface area contributed by atoms with Gasteiger partial charge in [-0.3, -0.25) is 9.59 Å². The van der Waals surface area contributed by atoms with Crippen molar-refractivity contribution in [3.05, 3.63) is 59.0 Å². The van der Waals surface area contributed by atoms with Crippen LogP contribution in [0.25, 0.3) is 5.57 Å². The van der Waals surface area contributed by atoms with E-state index in [2.05, 4.69) is 0 Å². The van der Waals surface area contributed by atoms with E-state index >= 15 is 0 Å². The molecule has 28 heavy (non-hydrogen) atoms. The average Bonchev–Trinajstić information content (AvgIpc) is 2.97. The maximum Gasteiger partial charge on any atom is 0.272 e. The van der Waals surface area contributed by atoms with Crippen LogP contribution in [0.4, 0.5) is 5.69 Å². The summed E-state index contributed by atoms with van der Waals surface area (Å²) < 4.78 is 10.8. The van der Waals surface area contributed by atoms with E-state index in [-0.39, 0.29) is 11.8 Å². The number of hydrogen-bond donors (Lipinski definition) is 0. The van der Waals surface area contributed by atoms with Crippen molar-refractivity contribution in [1.82, 2.24) is 0 Å². The molecule has 1 aliphatic heterocycles. The second-order valence-electron chi connectivity index (χ2n) is 6.15. The first-order valence-corrected chi connectivity index (χ1v) is 10.2. The highest BCUT2D eigenvalue weighted by atomic mass is 32.2. The molecule has 0 radical (unpaired) electrons. The zero-order chi connectivity index (χ0) is 20.1. The lowest BCUT2D eigenvalue weighted by Gasteiger charge is -2.15. The van der Waals surface area contributed by atoms with Gasteiger partial charge >= 0.3 is 0 Å². The van der Waals surface area contributed by atoms with Crippen LogP contribution < -0.4 is 14.4 Å². The second kappa shape index (κ2) is 8.97. The molecule has 1 heterocycles. The highest BCUT2D eigenvalue weighted by molar-refractivity contribution is 8.04. The Hall–Kier alpha value is -2.73. The number of methoxy groups -OCH3 is 1. The zero-order valence-corrected chi connectivity index (χ0v) is 17.0. The van der Waals surface area contributed by atoms with Crippen LogP contribution in [0.2, 0.25) is 0 Å². The van der Waals surface area contributed by atoms with Gasteiger partial charge in [-0.1, -0.05) is 26.0 Å². The number of amides is 2. The number of anilines is 1. The van der Waals surface area contributed by atoms with E-state index in [9.17, 15) is 9.59 Å². The number of carbonyl (C=O) groups excluding carboxylic acids is 2. The number of rotatable bonds is 8.